The van der Waals surface area contributed by atoms with E-state index >= 15 is 0 Å². The number of nitrogens with one attached hydrogen (secondary N) is 1. The topological polar surface area (TPSA) is 62.2 Å². The maximum absolute atomic E-state index is 11.8. The third kappa shape index (κ3) is 5.77. The average Bonchev–Trinajstić information content (AvgIpc) is 2.36. The molecule has 0 saturated heterocycles. The molecule has 0 unspecified atom stereocenters. The van der Waals surface area contributed by atoms with E-state index in [0.717, 1.165) is 18.4 Å². The third-order valence-electron chi connectivity index (χ3n) is 2.89. The molecule has 0 aliphatic carbocycles. The number of hydrogen-bond donors (Lipinski definition) is 2. The molecule has 0 spiro atoms. The molecular weight excluding hydrogens is 228 g/mol. The molecule has 4 nitrogen and oxygen atoms in total. The molecule has 1 aromatic heterocycles. The summed E-state index contributed by atoms with van der Waals surface area (Å²) in [6, 6.07) is 3.69. The standard InChI is InChI=1S/C14H22N2O2/c1-14(2,6-3-9-17)11-16-13(18)10-12-4-7-15-8-5-12/h4-5,7-8,17H,3,6,9-11H2,1-2H3,(H,16,18). The summed E-state index contributed by atoms with van der Waals surface area (Å²) in [5.41, 5.74) is 0.993. The van der Waals surface area contributed by atoms with Crippen LogP contribution >= 0.6 is 0 Å². The van der Waals surface area contributed by atoms with Gasteiger partial charge in [-0.2, -0.15) is 0 Å². The van der Waals surface area contributed by atoms with Crippen LogP contribution in [-0.4, -0.2) is 29.1 Å². The van der Waals surface area contributed by atoms with Crippen molar-refractivity contribution in [2.75, 3.05) is 13.2 Å². The Morgan fingerprint density at radius 2 is 2.06 bits per heavy atom. The van der Waals surface area contributed by atoms with Gasteiger partial charge in [0.1, 0.15) is 0 Å². The molecule has 0 atom stereocenters. The molecule has 1 aromatic rings. The fourth-order valence-electron chi connectivity index (χ4n) is 1.73. The van der Waals surface area contributed by atoms with Gasteiger partial charge in [0, 0.05) is 25.5 Å². The molecule has 1 amide bonds. The first kappa shape index (κ1) is 14.6. The van der Waals surface area contributed by atoms with Crippen molar-refractivity contribution in [1.82, 2.24) is 10.3 Å². The molecule has 1 rings (SSSR count). The fraction of sp³-hybridized carbons (Fsp3) is 0.571. The molecule has 0 saturated carbocycles. The van der Waals surface area contributed by atoms with Gasteiger partial charge in [0.05, 0.1) is 6.42 Å². The number of carbonyl (C=O) groups is 1. The summed E-state index contributed by atoms with van der Waals surface area (Å²) in [4.78, 5) is 15.7. The smallest absolute Gasteiger partial charge is 0.224 e. The Balaban J connectivity index is 2.33. The lowest BCUT2D eigenvalue weighted by atomic mass is 9.88. The zero-order valence-corrected chi connectivity index (χ0v) is 11.1. The maximum atomic E-state index is 11.8. The highest BCUT2D eigenvalue weighted by Gasteiger charge is 2.18. The SMILES string of the molecule is CC(C)(CCCO)CNC(=O)Cc1ccncc1. The van der Waals surface area contributed by atoms with Crippen molar-refractivity contribution in [3.63, 3.8) is 0 Å². The summed E-state index contributed by atoms with van der Waals surface area (Å²) in [6.07, 6.45) is 5.44. The maximum Gasteiger partial charge on any atom is 0.224 e. The highest BCUT2D eigenvalue weighted by molar-refractivity contribution is 5.78. The van der Waals surface area contributed by atoms with Crippen LogP contribution in [-0.2, 0) is 11.2 Å². The Morgan fingerprint density at radius 3 is 2.67 bits per heavy atom. The number of pyridine rings is 1. The van der Waals surface area contributed by atoms with Crippen LogP contribution in [0.1, 0.15) is 32.3 Å². The quantitative estimate of drug-likeness (QED) is 0.771. The largest absolute Gasteiger partial charge is 0.396 e. The first-order valence-corrected chi connectivity index (χ1v) is 6.30. The number of aliphatic hydroxyl groups is 1. The van der Waals surface area contributed by atoms with Crippen molar-refractivity contribution in [3.8, 4) is 0 Å². The Labute approximate surface area is 108 Å². The molecule has 4 heteroatoms. The van der Waals surface area contributed by atoms with Crippen LogP contribution < -0.4 is 5.32 Å². The van der Waals surface area contributed by atoms with Crippen molar-refractivity contribution in [1.29, 1.82) is 0 Å². The Kier molecular flexibility index (Phi) is 5.78. The van der Waals surface area contributed by atoms with Crippen molar-refractivity contribution in [2.45, 2.75) is 33.1 Å². The van der Waals surface area contributed by atoms with Gasteiger partial charge in [-0.25, -0.2) is 0 Å². The molecule has 0 aromatic carbocycles. The summed E-state index contributed by atoms with van der Waals surface area (Å²) in [6.45, 7) is 5.02. The molecule has 18 heavy (non-hydrogen) atoms. The molecule has 0 aliphatic rings. The Hall–Kier alpha value is -1.42. The van der Waals surface area contributed by atoms with Gasteiger partial charge < -0.3 is 10.4 Å². The van der Waals surface area contributed by atoms with E-state index < -0.39 is 0 Å². The minimum absolute atomic E-state index is 0.0244. The molecular formula is C14H22N2O2. The minimum atomic E-state index is 0.0244. The number of carbonyl (C=O) groups excluding carboxylic acids is 1. The van der Waals surface area contributed by atoms with Gasteiger partial charge in [-0.1, -0.05) is 13.8 Å². The normalized spacial score (nSPS) is 11.3. The van der Waals surface area contributed by atoms with Gasteiger partial charge in [0.2, 0.25) is 5.91 Å². The van der Waals surface area contributed by atoms with Crippen molar-refractivity contribution < 1.29 is 9.90 Å². The van der Waals surface area contributed by atoms with Crippen LogP contribution in [0.3, 0.4) is 0 Å². The minimum Gasteiger partial charge on any atom is -0.396 e. The molecule has 100 valence electrons. The second-order valence-electron chi connectivity index (χ2n) is 5.30. The third-order valence-corrected chi connectivity index (χ3v) is 2.89. The van der Waals surface area contributed by atoms with Gasteiger partial charge in [0.15, 0.2) is 0 Å². The van der Waals surface area contributed by atoms with Crippen LogP contribution in [0.25, 0.3) is 0 Å². The van der Waals surface area contributed by atoms with Crippen LogP contribution in [0.2, 0.25) is 0 Å². The van der Waals surface area contributed by atoms with Crippen LogP contribution in [0, 0.1) is 5.41 Å². The molecule has 0 bridgehead atoms. The lowest BCUT2D eigenvalue weighted by molar-refractivity contribution is -0.120. The van der Waals surface area contributed by atoms with E-state index in [1.807, 2.05) is 12.1 Å². The summed E-state index contributed by atoms with van der Waals surface area (Å²) >= 11 is 0. The first-order chi connectivity index (χ1) is 8.53. The molecule has 0 aliphatic heterocycles. The van der Waals surface area contributed by atoms with Gasteiger partial charge in [-0.3, -0.25) is 9.78 Å². The number of aliphatic hydroxyl groups excluding tert-OH is 1. The number of amides is 1. The zero-order chi connectivity index (χ0) is 13.4. The number of hydrogen-bond acceptors (Lipinski definition) is 3. The second-order valence-corrected chi connectivity index (χ2v) is 5.30. The van der Waals surface area contributed by atoms with Crippen LogP contribution in [0.4, 0.5) is 0 Å². The van der Waals surface area contributed by atoms with Crippen molar-refractivity contribution in [2.24, 2.45) is 5.41 Å². The van der Waals surface area contributed by atoms with E-state index in [1.54, 1.807) is 12.4 Å². The highest BCUT2D eigenvalue weighted by atomic mass is 16.2. The molecule has 0 radical (unpaired) electrons. The average molecular weight is 250 g/mol. The second kappa shape index (κ2) is 7.11. The zero-order valence-electron chi connectivity index (χ0n) is 11.1. The highest BCUT2D eigenvalue weighted by Crippen LogP contribution is 2.20. The number of aromatic nitrogens is 1. The predicted molar refractivity (Wildman–Crippen MR) is 71.1 cm³/mol. The van der Waals surface area contributed by atoms with E-state index in [1.165, 1.54) is 0 Å². The fourth-order valence-corrected chi connectivity index (χ4v) is 1.73. The van der Waals surface area contributed by atoms with Crippen LogP contribution in [0.15, 0.2) is 24.5 Å². The van der Waals surface area contributed by atoms with E-state index in [0.29, 0.717) is 13.0 Å². The van der Waals surface area contributed by atoms with E-state index in [-0.39, 0.29) is 17.9 Å². The molecule has 0 fully saturated rings. The van der Waals surface area contributed by atoms with Crippen LogP contribution in [0.5, 0.6) is 0 Å². The lowest BCUT2D eigenvalue weighted by Gasteiger charge is -2.24. The van der Waals surface area contributed by atoms with E-state index in [9.17, 15) is 4.79 Å². The first-order valence-electron chi connectivity index (χ1n) is 6.30. The molecule has 2 N–H and O–H groups in total. The van der Waals surface area contributed by atoms with Crippen molar-refractivity contribution >= 4 is 5.91 Å². The van der Waals surface area contributed by atoms with Gasteiger partial charge in [-0.05, 0) is 36.0 Å². The Bertz CT molecular complexity index is 363. The summed E-state index contributed by atoms with van der Waals surface area (Å²) in [5, 5.41) is 11.7. The van der Waals surface area contributed by atoms with Gasteiger partial charge in [-0.15, -0.1) is 0 Å². The van der Waals surface area contributed by atoms with E-state index in [4.69, 9.17) is 5.11 Å². The number of nitrogens with zero attached hydrogens (tertiary/aromatic N) is 1. The van der Waals surface area contributed by atoms with Crippen molar-refractivity contribution in [3.05, 3.63) is 30.1 Å². The summed E-state index contributed by atoms with van der Waals surface area (Å²) in [5.74, 6) is 0.0262. The van der Waals surface area contributed by atoms with Gasteiger partial charge in [0.25, 0.3) is 0 Å². The lowest BCUT2D eigenvalue weighted by Crippen LogP contribution is -2.35. The van der Waals surface area contributed by atoms with E-state index in [2.05, 4.69) is 24.1 Å². The number of rotatable bonds is 7. The Morgan fingerprint density at radius 1 is 1.39 bits per heavy atom. The molecule has 1 heterocycles. The summed E-state index contributed by atoms with van der Waals surface area (Å²) in [7, 11) is 0. The monoisotopic (exact) mass is 250 g/mol. The summed E-state index contributed by atoms with van der Waals surface area (Å²) < 4.78 is 0. The van der Waals surface area contributed by atoms with Gasteiger partial charge >= 0.3 is 0 Å². The predicted octanol–water partition coefficient (Wildman–Crippen LogP) is 1.54.